The molecule has 1 atom stereocenters. The molecule has 0 fully saturated rings. The minimum atomic E-state index is 0.279. The van der Waals surface area contributed by atoms with Crippen molar-refractivity contribution in [3.8, 4) is 0 Å². The third-order valence-electron chi connectivity index (χ3n) is 3.42. The molecule has 0 aliphatic heterocycles. The van der Waals surface area contributed by atoms with E-state index in [9.17, 15) is 0 Å². The van der Waals surface area contributed by atoms with Crippen LogP contribution in [-0.4, -0.2) is 19.1 Å². The van der Waals surface area contributed by atoms with Crippen molar-refractivity contribution in [1.29, 1.82) is 0 Å². The van der Waals surface area contributed by atoms with Gasteiger partial charge in [-0.25, -0.2) is 0 Å². The van der Waals surface area contributed by atoms with Crippen LogP contribution in [0, 0.1) is 0 Å². The molecule has 0 amide bonds. The molecule has 0 saturated heterocycles. The Bertz CT molecular complexity index is 537. The summed E-state index contributed by atoms with van der Waals surface area (Å²) in [6, 6.07) is 12.9. The van der Waals surface area contributed by atoms with Gasteiger partial charge in [-0.05, 0) is 43.8 Å². The van der Waals surface area contributed by atoms with Crippen molar-refractivity contribution in [2.45, 2.75) is 19.5 Å². The van der Waals surface area contributed by atoms with Gasteiger partial charge in [0.25, 0.3) is 0 Å². The smallest absolute Gasteiger partial charge is 0.0571 e. The summed E-state index contributed by atoms with van der Waals surface area (Å²) in [4.78, 5) is 6.71. The molecule has 2 rings (SSSR count). The van der Waals surface area contributed by atoms with E-state index in [4.69, 9.17) is 0 Å². The fourth-order valence-electron chi connectivity index (χ4n) is 1.98. The molecule has 106 valence electrons. The van der Waals surface area contributed by atoms with Gasteiger partial charge >= 0.3 is 0 Å². The van der Waals surface area contributed by atoms with E-state index in [1.807, 2.05) is 13.2 Å². The maximum absolute atomic E-state index is 4.51. The van der Waals surface area contributed by atoms with Gasteiger partial charge in [-0.1, -0.05) is 28.1 Å². The molecule has 0 aliphatic carbocycles. The number of benzene rings is 1. The van der Waals surface area contributed by atoms with E-state index in [1.165, 1.54) is 5.56 Å². The average Bonchev–Trinajstić information content (AvgIpc) is 2.49. The first-order valence-corrected chi connectivity index (χ1v) is 7.48. The number of hydrogen-bond donors (Lipinski definition) is 1. The Kier molecular flexibility index (Phi) is 5.15. The lowest BCUT2D eigenvalue weighted by Crippen LogP contribution is -2.18. The van der Waals surface area contributed by atoms with Gasteiger partial charge in [0.2, 0.25) is 0 Å². The largest absolute Gasteiger partial charge is 0.369 e. The number of aromatic nitrogens is 1. The summed E-state index contributed by atoms with van der Waals surface area (Å²) in [5.74, 6) is 0. The third-order valence-corrected chi connectivity index (χ3v) is 3.95. The summed E-state index contributed by atoms with van der Waals surface area (Å²) in [5.41, 5.74) is 3.47. The van der Waals surface area contributed by atoms with E-state index in [2.05, 4.69) is 81.5 Å². The van der Waals surface area contributed by atoms with Gasteiger partial charge in [-0.2, -0.15) is 0 Å². The van der Waals surface area contributed by atoms with Crippen LogP contribution in [0.3, 0.4) is 0 Å². The standard InChI is InChI=1S/C16H20BrN3/c1-12(18-2)16-9-8-15(10-19-16)20(3)11-13-4-6-14(17)7-5-13/h4-10,12,18H,11H2,1-3H3. The van der Waals surface area contributed by atoms with Crippen LogP contribution >= 0.6 is 15.9 Å². The van der Waals surface area contributed by atoms with Gasteiger partial charge in [0.1, 0.15) is 0 Å². The highest BCUT2D eigenvalue weighted by molar-refractivity contribution is 9.10. The van der Waals surface area contributed by atoms with Crippen LogP contribution < -0.4 is 10.2 Å². The van der Waals surface area contributed by atoms with Crippen LogP contribution in [0.2, 0.25) is 0 Å². The Morgan fingerprint density at radius 1 is 1.20 bits per heavy atom. The average molecular weight is 334 g/mol. The van der Waals surface area contributed by atoms with Crippen molar-refractivity contribution >= 4 is 21.6 Å². The first-order chi connectivity index (χ1) is 9.60. The summed E-state index contributed by atoms with van der Waals surface area (Å²) in [6.45, 7) is 2.98. The Balaban J connectivity index is 2.05. The highest BCUT2D eigenvalue weighted by Crippen LogP contribution is 2.18. The van der Waals surface area contributed by atoms with Gasteiger partial charge in [0.05, 0.1) is 17.6 Å². The lowest BCUT2D eigenvalue weighted by atomic mass is 10.2. The second kappa shape index (κ2) is 6.86. The molecule has 3 nitrogen and oxygen atoms in total. The van der Waals surface area contributed by atoms with E-state index in [0.717, 1.165) is 22.4 Å². The molecule has 0 spiro atoms. The number of nitrogens with zero attached hydrogens (tertiary/aromatic N) is 2. The maximum atomic E-state index is 4.51. The molecule has 1 aromatic heterocycles. The fourth-order valence-corrected chi connectivity index (χ4v) is 2.25. The van der Waals surface area contributed by atoms with Gasteiger partial charge in [0.15, 0.2) is 0 Å². The van der Waals surface area contributed by atoms with Crippen molar-refractivity contribution in [1.82, 2.24) is 10.3 Å². The molecule has 1 N–H and O–H groups in total. The summed E-state index contributed by atoms with van der Waals surface area (Å²) in [5, 5.41) is 3.19. The van der Waals surface area contributed by atoms with Crippen molar-refractivity contribution in [3.63, 3.8) is 0 Å². The molecular formula is C16H20BrN3. The molecule has 20 heavy (non-hydrogen) atoms. The van der Waals surface area contributed by atoms with Crippen LogP contribution in [0.4, 0.5) is 5.69 Å². The molecule has 1 aromatic carbocycles. The lowest BCUT2D eigenvalue weighted by molar-refractivity contribution is 0.632. The second-order valence-corrected chi connectivity index (χ2v) is 5.85. The molecule has 1 unspecified atom stereocenters. The van der Waals surface area contributed by atoms with Gasteiger partial charge in [-0.15, -0.1) is 0 Å². The second-order valence-electron chi connectivity index (χ2n) is 4.93. The van der Waals surface area contributed by atoms with Gasteiger partial charge < -0.3 is 10.2 Å². The quantitative estimate of drug-likeness (QED) is 0.902. The molecular weight excluding hydrogens is 314 g/mol. The van der Waals surface area contributed by atoms with Gasteiger partial charge in [-0.3, -0.25) is 4.98 Å². The van der Waals surface area contributed by atoms with Crippen molar-refractivity contribution in [3.05, 3.63) is 58.3 Å². The van der Waals surface area contributed by atoms with E-state index in [-0.39, 0.29) is 6.04 Å². The number of pyridine rings is 1. The van der Waals surface area contributed by atoms with Crippen LogP contribution in [0.5, 0.6) is 0 Å². The van der Waals surface area contributed by atoms with Crippen LogP contribution in [-0.2, 0) is 6.54 Å². The highest BCUT2D eigenvalue weighted by Gasteiger charge is 2.06. The Labute approximate surface area is 129 Å². The minimum absolute atomic E-state index is 0.279. The zero-order chi connectivity index (χ0) is 14.5. The summed E-state index contributed by atoms with van der Waals surface area (Å²) < 4.78 is 1.11. The normalized spacial score (nSPS) is 12.2. The molecule has 0 radical (unpaired) electrons. The number of anilines is 1. The number of halogens is 1. The first kappa shape index (κ1) is 15.0. The highest BCUT2D eigenvalue weighted by atomic mass is 79.9. The zero-order valence-corrected chi connectivity index (χ0v) is 13.7. The van der Waals surface area contributed by atoms with E-state index < -0.39 is 0 Å². The minimum Gasteiger partial charge on any atom is -0.369 e. The van der Waals surface area contributed by atoms with Crippen LogP contribution in [0.15, 0.2) is 47.1 Å². The first-order valence-electron chi connectivity index (χ1n) is 6.69. The zero-order valence-electron chi connectivity index (χ0n) is 12.1. The monoisotopic (exact) mass is 333 g/mol. The van der Waals surface area contributed by atoms with Crippen molar-refractivity contribution < 1.29 is 0 Å². The van der Waals surface area contributed by atoms with Crippen molar-refractivity contribution in [2.75, 3.05) is 19.0 Å². The Morgan fingerprint density at radius 2 is 1.90 bits per heavy atom. The van der Waals surface area contributed by atoms with Crippen molar-refractivity contribution in [2.24, 2.45) is 0 Å². The maximum Gasteiger partial charge on any atom is 0.0571 e. The molecule has 0 bridgehead atoms. The predicted molar refractivity (Wildman–Crippen MR) is 88.0 cm³/mol. The van der Waals surface area contributed by atoms with Crippen LogP contribution in [0.25, 0.3) is 0 Å². The Morgan fingerprint density at radius 3 is 2.45 bits per heavy atom. The van der Waals surface area contributed by atoms with E-state index in [0.29, 0.717) is 0 Å². The number of rotatable bonds is 5. The predicted octanol–water partition coefficient (Wildman–Crippen LogP) is 3.76. The topological polar surface area (TPSA) is 28.2 Å². The molecule has 0 saturated carbocycles. The summed E-state index contributed by atoms with van der Waals surface area (Å²) in [6.07, 6.45) is 1.93. The molecule has 4 heteroatoms. The molecule has 0 aliphatic rings. The molecule has 2 aromatic rings. The van der Waals surface area contributed by atoms with E-state index in [1.54, 1.807) is 0 Å². The lowest BCUT2D eigenvalue weighted by Gasteiger charge is -2.20. The third kappa shape index (κ3) is 3.81. The summed E-state index contributed by atoms with van der Waals surface area (Å²) >= 11 is 3.46. The summed E-state index contributed by atoms with van der Waals surface area (Å²) in [7, 11) is 4.03. The molecule has 1 heterocycles. The number of nitrogens with one attached hydrogen (secondary N) is 1. The fraction of sp³-hybridized carbons (Fsp3) is 0.312. The SMILES string of the molecule is CNC(C)c1ccc(N(C)Cc2ccc(Br)cc2)cn1. The number of hydrogen-bond acceptors (Lipinski definition) is 3. The van der Waals surface area contributed by atoms with E-state index >= 15 is 0 Å². The Hall–Kier alpha value is -1.39. The van der Waals surface area contributed by atoms with Gasteiger partial charge in [0, 0.05) is 24.1 Å². The van der Waals surface area contributed by atoms with Crippen LogP contribution in [0.1, 0.15) is 24.2 Å².